The standard InChI is InChI=1S/C10H4F3N3O/c11-10(12,13)9(17)16-5-15-7-3-6(4-14)1-2-8(7)16/h1-3,5H. The maximum atomic E-state index is 12.2. The largest absolute Gasteiger partial charge is 0.472 e. The van der Waals surface area contributed by atoms with E-state index in [0.29, 0.717) is 4.57 Å². The molecule has 2 rings (SSSR count). The first-order valence-corrected chi connectivity index (χ1v) is 4.42. The summed E-state index contributed by atoms with van der Waals surface area (Å²) in [5, 5.41) is 8.61. The van der Waals surface area contributed by atoms with Crippen LogP contribution in [-0.2, 0) is 0 Å². The molecule has 7 heteroatoms. The first-order chi connectivity index (χ1) is 7.93. The minimum atomic E-state index is -4.96. The fraction of sp³-hybridized carbons (Fsp3) is 0.100. The molecule has 0 N–H and O–H groups in total. The second-order valence-electron chi connectivity index (χ2n) is 3.23. The maximum absolute atomic E-state index is 12.2. The molecule has 17 heavy (non-hydrogen) atoms. The molecule has 0 saturated carbocycles. The molecule has 1 heterocycles. The summed E-state index contributed by atoms with van der Waals surface area (Å²) < 4.78 is 37.1. The van der Waals surface area contributed by atoms with Crippen LogP contribution in [-0.4, -0.2) is 21.6 Å². The third-order valence-electron chi connectivity index (χ3n) is 2.14. The Balaban J connectivity index is 2.59. The highest BCUT2D eigenvalue weighted by atomic mass is 19.4. The van der Waals surface area contributed by atoms with Crippen LogP contribution in [0, 0.1) is 11.3 Å². The molecular formula is C10H4F3N3O. The number of hydrogen-bond donors (Lipinski definition) is 0. The number of benzene rings is 1. The molecule has 0 bridgehead atoms. The Morgan fingerprint density at radius 1 is 1.41 bits per heavy atom. The summed E-state index contributed by atoms with van der Waals surface area (Å²) in [5.74, 6) is -2.01. The molecule has 0 aliphatic carbocycles. The minimum absolute atomic E-state index is 0.0197. The Bertz CT molecular complexity index is 636. The van der Waals surface area contributed by atoms with Crippen molar-refractivity contribution in [3.8, 4) is 6.07 Å². The number of rotatable bonds is 0. The number of fused-ring (bicyclic) bond motifs is 1. The predicted molar refractivity (Wildman–Crippen MR) is 51.1 cm³/mol. The van der Waals surface area contributed by atoms with Crippen LogP contribution >= 0.6 is 0 Å². The highest BCUT2D eigenvalue weighted by Crippen LogP contribution is 2.21. The molecule has 0 atom stereocenters. The molecule has 1 aromatic heterocycles. The van der Waals surface area contributed by atoms with Gasteiger partial charge in [-0.1, -0.05) is 0 Å². The van der Waals surface area contributed by atoms with Crippen molar-refractivity contribution in [1.29, 1.82) is 5.26 Å². The van der Waals surface area contributed by atoms with Gasteiger partial charge >= 0.3 is 12.1 Å². The molecule has 0 aliphatic rings. The summed E-state index contributed by atoms with van der Waals surface area (Å²) in [5.41, 5.74) is 0.454. The van der Waals surface area contributed by atoms with Crippen LogP contribution in [0.15, 0.2) is 24.5 Å². The molecule has 0 radical (unpaired) electrons. The smallest absolute Gasteiger partial charge is 0.264 e. The second-order valence-corrected chi connectivity index (χ2v) is 3.23. The number of nitriles is 1. The van der Waals surface area contributed by atoms with Gasteiger partial charge in [-0.15, -0.1) is 0 Å². The topological polar surface area (TPSA) is 58.7 Å². The molecule has 0 aliphatic heterocycles. The van der Waals surface area contributed by atoms with E-state index < -0.39 is 12.1 Å². The quantitative estimate of drug-likeness (QED) is 0.707. The van der Waals surface area contributed by atoms with Crippen LogP contribution in [0.25, 0.3) is 11.0 Å². The molecule has 2 aromatic rings. The Kier molecular flexibility index (Phi) is 2.35. The lowest BCUT2D eigenvalue weighted by Gasteiger charge is -2.05. The van der Waals surface area contributed by atoms with Gasteiger partial charge in [0.15, 0.2) is 0 Å². The van der Waals surface area contributed by atoms with Gasteiger partial charge in [-0.3, -0.25) is 9.36 Å². The van der Waals surface area contributed by atoms with E-state index in [1.165, 1.54) is 18.2 Å². The number of halogens is 3. The van der Waals surface area contributed by atoms with Crippen molar-refractivity contribution in [2.75, 3.05) is 0 Å². The molecule has 0 spiro atoms. The second kappa shape index (κ2) is 3.59. The number of imidazole rings is 1. The summed E-state index contributed by atoms with van der Waals surface area (Å²) in [6.07, 6.45) is -4.16. The van der Waals surface area contributed by atoms with Crippen LogP contribution in [0.1, 0.15) is 10.4 Å². The summed E-state index contributed by atoms with van der Waals surface area (Å²) in [4.78, 5) is 14.7. The van der Waals surface area contributed by atoms with E-state index in [1.807, 2.05) is 6.07 Å². The number of nitrogens with zero attached hydrogens (tertiary/aromatic N) is 3. The molecule has 0 amide bonds. The Labute approximate surface area is 92.9 Å². The Morgan fingerprint density at radius 2 is 2.12 bits per heavy atom. The summed E-state index contributed by atoms with van der Waals surface area (Å²) in [6, 6.07) is 5.72. The van der Waals surface area contributed by atoms with Gasteiger partial charge in [0, 0.05) is 0 Å². The maximum Gasteiger partial charge on any atom is 0.472 e. The third-order valence-corrected chi connectivity index (χ3v) is 2.14. The van der Waals surface area contributed by atoms with Gasteiger partial charge in [0.1, 0.15) is 6.33 Å². The van der Waals surface area contributed by atoms with Crippen LogP contribution in [0.5, 0.6) is 0 Å². The first-order valence-electron chi connectivity index (χ1n) is 4.42. The average molecular weight is 239 g/mol. The lowest BCUT2D eigenvalue weighted by atomic mass is 10.2. The highest BCUT2D eigenvalue weighted by molar-refractivity contribution is 5.93. The molecular weight excluding hydrogens is 235 g/mol. The van der Waals surface area contributed by atoms with Crippen molar-refractivity contribution in [1.82, 2.24) is 9.55 Å². The summed E-state index contributed by atoms with van der Waals surface area (Å²) in [7, 11) is 0. The minimum Gasteiger partial charge on any atom is -0.264 e. The summed E-state index contributed by atoms with van der Waals surface area (Å²) >= 11 is 0. The van der Waals surface area contributed by atoms with Crippen molar-refractivity contribution in [3.05, 3.63) is 30.1 Å². The van der Waals surface area contributed by atoms with Gasteiger partial charge in [0.2, 0.25) is 0 Å². The number of aromatic nitrogens is 2. The highest BCUT2D eigenvalue weighted by Gasteiger charge is 2.40. The number of hydrogen-bond acceptors (Lipinski definition) is 3. The van der Waals surface area contributed by atoms with Gasteiger partial charge in [0.05, 0.1) is 22.7 Å². The van der Waals surface area contributed by atoms with Gasteiger partial charge in [-0.05, 0) is 18.2 Å². The number of carbonyl (C=O) groups excluding carboxylic acids is 1. The monoisotopic (exact) mass is 239 g/mol. The first kappa shape index (κ1) is 11.1. The van der Waals surface area contributed by atoms with Gasteiger partial charge in [-0.25, -0.2) is 4.98 Å². The zero-order valence-corrected chi connectivity index (χ0v) is 8.19. The molecule has 0 unspecified atom stereocenters. The lowest BCUT2D eigenvalue weighted by molar-refractivity contribution is -0.0943. The SMILES string of the molecule is N#Cc1ccc2c(c1)ncn2C(=O)C(F)(F)F. The number of carbonyl (C=O) groups is 1. The molecule has 86 valence electrons. The predicted octanol–water partition coefficient (Wildman–Crippen LogP) is 2.11. The molecule has 0 saturated heterocycles. The van der Waals surface area contributed by atoms with Gasteiger partial charge in [-0.2, -0.15) is 18.4 Å². The third kappa shape index (κ3) is 1.85. The average Bonchev–Trinajstić information content (AvgIpc) is 2.69. The van der Waals surface area contributed by atoms with Crippen molar-refractivity contribution < 1.29 is 18.0 Å². The van der Waals surface area contributed by atoms with E-state index in [0.717, 1.165) is 6.33 Å². The van der Waals surface area contributed by atoms with Crippen LogP contribution < -0.4 is 0 Å². The van der Waals surface area contributed by atoms with E-state index in [2.05, 4.69) is 4.98 Å². The molecule has 4 nitrogen and oxygen atoms in total. The fourth-order valence-corrected chi connectivity index (χ4v) is 1.38. The van der Waals surface area contributed by atoms with Crippen LogP contribution in [0.3, 0.4) is 0 Å². The Morgan fingerprint density at radius 3 is 2.71 bits per heavy atom. The molecule has 0 fully saturated rings. The fourth-order valence-electron chi connectivity index (χ4n) is 1.38. The number of alkyl halides is 3. The van der Waals surface area contributed by atoms with Crippen LogP contribution in [0.2, 0.25) is 0 Å². The normalized spacial score (nSPS) is 11.4. The lowest BCUT2D eigenvalue weighted by Crippen LogP contribution is -2.28. The van der Waals surface area contributed by atoms with Crippen molar-refractivity contribution >= 4 is 16.9 Å². The Hall–Kier alpha value is -2.36. The zero-order valence-electron chi connectivity index (χ0n) is 8.19. The summed E-state index contributed by atoms with van der Waals surface area (Å²) in [6.45, 7) is 0. The van der Waals surface area contributed by atoms with E-state index >= 15 is 0 Å². The van der Waals surface area contributed by atoms with Crippen molar-refractivity contribution in [2.45, 2.75) is 6.18 Å². The van der Waals surface area contributed by atoms with Crippen molar-refractivity contribution in [3.63, 3.8) is 0 Å². The zero-order chi connectivity index (χ0) is 12.6. The van der Waals surface area contributed by atoms with E-state index in [1.54, 1.807) is 0 Å². The van der Waals surface area contributed by atoms with Crippen LogP contribution in [0.4, 0.5) is 13.2 Å². The van der Waals surface area contributed by atoms with E-state index in [4.69, 9.17) is 5.26 Å². The van der Waals surface area contributed by atoms with Gasteiger partial charge < -0.3 is 0 Å². The molecule has 1 aromatic carbocycles. The van der Waals surface area contributed by atoms with E-state index in [9.17, 15) is 18.0 Å². The van der Waals surface area contributed by atoms with Gasteiger partial charge in [0.25, 0.3) is 0 Å². The van der Waals surface area contributed by atoms with E-state index in [-0.39, 0.29) is 16.6 Å². The van der Waals surface area contributed by atoms with Crippen molar-refractivity contribution in [2.24, 2.45) is 0 Å².